The zero-order chi connectivity index (χ0) is 9.42. The first kappa shape index (κ1) is 8.35. The summed E-state index contributed by atoms with van der Waals surface area (Å²) in [6.07, 6.45) is 0.626. The molecule has 0 amide bonds. The minimum Gasteiger partial charge on any atom is -0.289 e. The van der Waals surface area contributed by atoms with Crippen LogP contribution in [0.1, 0.15) is 18.1 Å². The molecule has 68 valence electrons. The number of benzene rings is 1. The van der Waals surface area contributed by atoms with Crippen LogP contribution in [0.3, 0.4) is 0 Å². The Morgan fingerprint density at radius 2 is 2.08 bits per heavy atom. The first-order chi connectivity index (χ1) is 6.18. The van der Waals surface area contributed by atoms with Gasteiger partial charge in [-0.2, -0.15) is 0 Å². The third-order valence-electron chi connectivity index (χ3n) is 2.23. The molecule has 1 nitrogen and oxygen atoms in total. The van der Waals surface area contributed by atoms with E-state index in [9.17, 15) is 8.78 Å². The van der Waals surface area contributed by atoms with Crippen LogP contribution in [0.15, 0.2) is 17.1 Å². The fraction of sp³-hybridized carbons (Fsp3) is 0.300. The zero-order valence-corrected chi connectivity index (χ0v) is 7.27. The van der Waals surface area contributed by atoms with Crippen LogP contribution >= 0.6 is 0 Å². The fourth-order valence-corrected chi connectivity index (χ4v) is 1.65. The van der Waals surface area contributed by atoms with Gasteiger partial charge in [-0.1, -0.05) is 0 Å². The van der Waals surface area contributed by atoms with E-state index >= 15 is 0 Å². The lowest BCUT2D eigenvalue weighted by Crippen LogP contribution is -2.12. The summed E-state index contributed by atoms with van der Waals surface area (Å²) < 4.78 is 26.1. The van der Waals surface area contributed by atoms with Gasteiger partial charge in [-0.3, -0.25) is 4.99 Å². The SMILES string of the molecule is CC1=NCCc2cc(F)cc(F)c21. The van der Waals surface area contributed by atoms with Gasteiger partial charge >= 0.3 is 0 Å². The Morgan fingerprint density at radius 1 is 1.31 bits per heavy atom. The van der Waals surface area contributed by atoms with Crippen LogP contribution in [0.25, 0.3) is 0 Å². The molecule has 0 unspecified atom stereocenters. The van der Waals surface area contributed by atoms with Crippen LogP contribution in [0.5, 0.6) is 0 Å². The Balaban J connectivity index is 2.66. The topological polar surface area (TPSA) is 12.4 Å². The molecule has 0 saturated carbocycles. The Hall–Kier alpha value is -1.25. The maximum atomic E-state index is 13.3. The summed E-state index contributed by atoms with van der Waals surface area (Å²) in [6, 6.07) is 2.29. The molecule has 0 bridgehead atoms. The second-order valence-corrected chi connectivity index (χ2v) is 3.14. The molecular formula is C10H9F2N. The van der Waals surface area contributed by atoms with E-state index in [1.54, 1.807) is 6.92 Å². The molecule has 0 fully saturated rings. The van der Waals surface area contributed by atoms with Gasteiger partial charge in [-0.15, -0.1) is 0 Å². The lowest BCUT2D eigenvalue weighted by atomic mass is 9.98. The summed E-state index contributed by atoms with van der Waals surface area (Å²) in [6.45, 7) is 2.38. The minimum atomic E-state index is -0.508. The molecule has 3 heteroatoms. The second-order valence-electron chi connectivity index (χ2n) is 3.14. The Labute approximate surface area is 75.1 Å². The summed E-state index contributed by atoms with van der Waals surface area (Å²) in [5.41, 5.74) is 1.87. The second kappa shape index (κ2) is 2.91. The number of nitrogens with zero attached hydrogens (tertiary/aromatic N) is 1. The van der Waals surface area contributed by atoms with Crippen molar-refractivity contribution in [2.45, 2.75) is 13.3 Å². The third-order valence-corrected chi connectivity index (χ3v) is 2.23. The van der Waals surface area contributed by atoms with Crippen LogP contribution in [0, 0.1) is 11.6 Å². The van der Waals surface area contributed by atoms with Gasteiger partial charge in [0.25, 0.3) is 0 Å². The summed E-state index contributed by atoms with van der Waals surface area (Å²) in [7, 11) is 0. The number of rotatable bonds is 0. The minimum absolute atomic E-state index is 0.479. The number of hydrogen-bond acceptors (Lipinski definition) is 1. The van der Waals surface area contributed by atoms with E-state index in [1.165, 1.54) is 6.07 Å². The van der Waals surface area contributed by atoms with E-state index in [1.807, 2.05) is 0 Å². The molecule has 2 rings (SSSR count). The quantitative estimate of drug-likeness (QED) is 0.582. The average molecular weight is 181 g/mol. The van der Waals surface area contributed by atoms with Crippen LogP contribution in [-0.4, -0.2) is 12.3 Å². The van der Waals surface area contributed by atoms with Crippen LogP contribution in [0.2, 0.25) is 0 Å². The van der Waals surface area contributed by atoms with Gasteiger partial charge in [0.15, 0.2) is 0 Å². The Kier molecular flexibility index (Phi) is 1.87. The molecule has 1 aliphatic rings. The number of aliphatic imine (C=N–C) groups is 1. The molecule has 0 radical (unpaired) electrons. The third kappa shape index (κ3) is 1.34. The van der Waals surface area contributed by atoms with Crippen molar-refractivity contribution in [1.82, 2.24) is 0 Å². The van der Waals surface area contributed by atoms with Gasteiger partial charge in [0.05, 0.1) is 0 Å². The van der Waals surface area contributed by atoms with Crippen molar-refractivity contribution in [2.24, 2.45) is 4.99 Å². The van der Waals surface area contributed by atoms with Gasteiger partial charge in [0.1, 0.15) is 11.6 Å². The molecule has 0 aliphatic carbocycles. The fourth-order valence-electron chi connectivity index (χ4n) is 1.65. The summed E-state index contributed by atoms with van der Waals surface area (Å²) >= 11 is 0. The van der Waals surface area contributed by atoms with E-state index in [-0.39, 0.29) is 0 Å². The average Bonchev–Trinajstić information content (AvgIpc) is 2.02. The number of fused-ring (bicyclic) bond motifs is 1. The van der Waals surface area contributed by atoms with Gasteiger partial charge in [0.2, 0.25) is 0 Å². The van der Waals surface area contributed by atoms with E-state index < -0.39 is 11.6 Å². The van der Waals surface area contributed by atoms with E-state index in [0.29, 0.717) is 24.2 Å². The van der Waals surface area contributed by atoms with Crippen molar-refractivity contribution < 1.29 is 8.78 Å². The molecule has 0 saturated heterocycles. The largest absolute Gasteiger partial charge is 0.289 e. The Morgan fingerprint density at radius 3 is 2.85 bits per heavy atom. The molecule has 0 aromatic heterocycles. The molecule has 0 atom stereocenters. The van der Waals surface area contributed by atoms with Crippen molar-refractivity contribution in [1.29, 1.82) is 0 Å². The molecule has 13 heavy (non-hydrogen) atoms. The van der Waals surface area contributed by atoms with Crippen molar-refractivity contribution in [2.75, 3.05) is 6.54 Å². The molecule has 1 aromatic carbocycles. The smallest absolute Gasteiger partial charge is 0.135 e. The summed E-state index contributed by atoms with van der Waals surface area (Å²) in [5, 5.41) is 0. The van der Waals surface area contributed by atoms with Crippen molar-refractivity contribution in [3.63, 3.8) is 0 Å². The van der Waals surface area contributed by atoms with Gasteiger partial charge in [-0.05, 0) is 25.0 Å². The lowest BCUT2D eigenvalue weighted by molar-refractivity contribution is 0.576. The standard InChI is InChI=1S/C10H9F2N/c1-6-10-7(2-3-13-6)4-8(11)5-9(10)12/h4-5H,2-3H2,1H3. The highest BCUT2D eigenvalue weighted by Crippen LogP contribution is 2.20. The molecule has 0 N–H and O–H groups in total. The maximum absolute atomic E-state index is 13.3. The summed E-state index contributed by atoms with van der Waals surface area (Å²) in [4.78, 5) is 4.12. The first-order valence-electron chi connectivity index (χ1n) is 4.18. The van der Waals surface area contributed by atoms with Crippen LogP contribution in [-0.2, 0) is 6.42 Å². The van der Waals surface area contributed by atoms with Gasteiger partial charge < -0.3 is 0 Å². The molecule has 0 spiro atoms. The first-order valence-corrected chi connectivity index (χ1v) is 4.18. The maximum Gasteiger partial charge on any atom is 0.135 e. The highest BCUT2D eigenvalue weighted by molar-refractivity contribution is 6.00. The van der Waals surface area contributed by atoms with Gasteiger partial charge in [-0.25, -0.2) is 8.78 Å². The van der Waals surface area contributed by atoms with Crippen LogP contribution < -0.4 is 0 Å². The molecule has 1 aromatic rings. The monoisotopic (exact) mass is 181 g/mol. The number of hydrogen-bond donors (Lipinski definition) is 0. The highest BCUT2D eigenvalue weighted by Gasteiger charge is 2.16. The zero-order valence-electron chi connectivity index (χ0n) is 7.27. The van der Waals surface area contributed by atoms with Crippen molar-refractivity contribution in [3.05, 3.63) is 34.9 Å². The normalized spacial score (nSPS) is 15.2. The van der Waals surface area contributed by atoms with E-state index in [0.717, 1.165) is 11.6 Å². The molecular weight excluding hydrogens is 172 g/mol. The highest BCUT2D eigenvalue weighted by atomic mass is 19.1. The lowest BCUT2D eigenvalue weighted by Gasteiger charge is -2.14. The number of halogens is 2. The van der Waals surface area contributed by atoms with Gasteiger partial charge in [0, 0.05) is 23.9 Å². The molecule has 1 aliphatic heterocycles. The van der Waals surface area contributed by atoms with E-state index in [2.05, 4.69) is 4.99 Å². The van der Waals surface area contributed by atoms with E-state index in [4.69, 9.17) is 0 Å². The predicted octanol–water partition coefficient (Wildman–Crippen LogP) is 2.33. The summed E-state index contributed by atoms with van der Waals surface area (Å²) in [5.74, 6) is -1.01. The van der Waals surface area contributed by atoms with Crippen LogP contribution in [0.4, 0.5) is 8.78 Å². The predicted molar refractivity (Wildman–Crippen MR) is 47.1 cm³/mol. The van der Waals surface area contributed by atoms with Crippen molar-refractivity contribution in [3.8, 4) is 0 Å². The molecule has 1 heterocycles. The Bertz CT molecular complexity index is 383. The van der Waals surface area contributed by atoms with Crippen molar-refractivity contribution >= 4 is 5.71 Å².